The second-order valence-corrected chi connectivity index (χ2v) is 5.60. The number of hydrogen-bond acceptors (Lipinski definition) is 4. The Morgan fingerprint density at radius 3 is 2.85 bits per heavy atom. The van der Waals surface area contributed by atoms with Gasteiger partial charge in [-0.1, -0.05) is 13.3 Å². The lowest BCUT2D eigenvalue weighted by Crippen LogP contribution is -2.30. The van der Waals surface area contributed by atoms with Gasteiger partial charge in [0.15, 0.2) is 0 Å². The minimum atomic E-state index is 0.124. The van der Waals surface area contributed by atoms with Gasteiger partial charge in [0, 0.05) is 31.6 Å². The summed E-state index contributed by atoms with van der Waals surface area (Å²) in [5, 5.41) is 3.68. The van der Waals surface area contributed by atoms with Crippen molar-refractivity contribution in [2.75, 3.05) is 18.4 Å². The van der Waals surface area contributed by atoms with Crippen molar-refractivity contribution >= 4 is 23.3 Å². The molecule has 20 heavy (non-hydrogen) atoms. The fourth-order valence-corrected chi connectivity index (χ4v) is 2.70. The maximum Gasteiger partial charge on any atom is 0.224 e. The van der Waals surface area contributed by atoms with E-state index in [4.69, 9.17) is 11.6 Å². The number of halogens is 1. The summed E-state index contributed by atoms with van der Waals surface area (Å²) in [6.07, 6.45) is 2.85. The number of hydrogen-bond donors (Lipinski definition) is 1. The minimum Gasteiger partial charge on any atom is -0.365 e. The molecule has 1 aromatic heterocycles. The van der Waals surface area contributed by atoms with E-state index in [2.05, 4.69) is 22.2 Å². The molecular weight excluding hydrogens is 276 g/mol. The first-order chi connectivity index (χ1) is 9.51. The van der Waals surface area contributed by atoms with Crippen LogP contribution in [0.2, 0.25) is 5.28 Å². The van der Waals surface area contributed by atoms with E-state index in [9.17, 15) is 4.79 Å². The molecule has 0 bridgehead atoms. The van der Waals surface area contributed by atoms with Crippen molar-refractivity contribution in [3.05, 3.63) is 16.5 Å². The predicted molar refractivity (Wildman–Crippen MR) is 80.1 cm³/mol. The zero-order valence-electron chi connectivity index (χ0n) is 12.2. The number of likely N-dealkylation sites (tertiary alicyclic amines) is 1. The van der Waals surface area contributed by atoms with Gasteiger partial charge in [0.1, 0.15) is 5.82 Å². The standard InChI is InChI=1S/C14H21ClN4O/c1-4-5-12-9(2)13(18-14(15)17-12)16-11-6-7-19(8-11)10(3)20/h11H,4-8H2,1-3H3,(H,16,17,18)/t11-/m0/s1. The first kappa shape index (κ1) is 15.0. The summed E-state index contributed by atoms with van der Waals surface area (Å²) in [7, 11) is 0. The van der Waals surface area contributed by atoms with E-state index >= 15 is 0 Å². The largest absolute Gasteiger partial charge is 0.365 e. The van der Waals surface area contributed by atoms with E-state index in [-0.39, 0.29) is 17.2 Å². The predicted octanol–water partition coefficient (Wildman–Crippen LogP) is 2.42. The molecule has 2 rings (SSSR count). The number of amides is 1. The molecule has 0 aromatic carbocycles. The molecule has 1 amide bonds. The molecule has 1 atom stereocenters. The average molecular weight is 297 g/mol. The van der Waals surface area contributed by atoms with E-state index in [1.54, 1.807) is 6.92 Å². The molecule has 1 saturated heterocycles. The fraction of sp³-hybridized carbons (Fsp3) is 0.643. The highest BCUT2D eigenvalue weighted by Gasteiger charge is 2.25. The normalized spacial score (nSPS) is 18.4. The van der Waals surface area contributed by atoms with Crippen molar-refractivity contribution < 1.29 is 4.79 Å². The third-order valence-corrected chi connectivity index (χ3v) is 3.85. The minimum absolute atomic E-state index is 0.124. The van der Waals surface area contributed by atoms with Gasteiger partial charge in [-0.25, -0.2) is 9.97 Å². The molecule has 0 spiro atoms. The second kappa shape index (κ2) is 6.39. The Hall–Kier alpha value is -1.36. The number of aryl methyl sites for hydroxylation is 1. The van der Waals surface area contributed by atoms with E-state index in [1.807, 2.05) is 11.8 Å². The summed E-state index contributed by atoms with van der Waals surface area (Å²) < 4.78 is 0. The van der Waals surface area contributed by atoms with E-state index in [0.29, 0.717) is 0 Å². The number of carbonyl (C=O) groups is 1. The average Bonchev–Trinajstić information content (AvgIpc) is 2.84. The van der Waals surface area contributed by atoms with Crippen LogP contribution in [0.5, 0.6) is 0 Å². The summed E-state index contributed by atoms with van der Waals surface area (Å²) in [4.78, 5) is 21.8. The first-order valence-electron chi connectivity index (χ1n) is 7.06. The highest BCUT2D eigenvalue weighted by atomic mass is 35.5. The van der Waals surface area contributed by atoms with Crippen molar-refractivity contribution in [1.82, 2.24) is 14.9 Å². The molecule has 0 aliphatic carbocycles. The zero-order chi connectivity index (χ0) is 14.7. The maximum atomic E-state index is 11.4. The highest BCUT2D eigenvalue weighted by Crippen LogP contribution is 2.22. The van der Waals surface area contributed by atoms with Gasteiger partial charge in [0.05, 0.1) is 5.69 Å². The van der Waals surface area contributed by atoms with Crippen LogP contribution in [0.3, 0.4) is 0 Å². The Balaban J connectivity index is 2.12. The molecule has 0 saturated carbocycles. The maximum absolute atomic E-state index is 11.4. The molecule has 1 N–H and O–H groups in total. The van der Waals surface area contributed by atoms with Crippen LogP contribution in [0, 0.1) is 6.92 Å². The third kappa shape index (κ3) is 3.39. The highest BCUT2D eigenvalue weighted by molar-refractivity contribution is 6.28. The van der Waals surface area contributed by atoms with Crippen LogP contribution < -0.4 is 5.32 Å². The van der Waals surface area contributed by atoms with Crippen LogP contribution in [-0.2, 0) is 11.2 Å². The summed E-state index contributed by atoms with van der Waals surface area (Å²) in [6.45, 7) is 7.26. The van der Waals surface area contributed by atoms with Gasteiger partial charge in [-0.15, -0.1) is 0 Å². The number of rotatable bonds is 4. The Morgan fingerprint density at radius 2 is 2.25 bits per heavy atom. The summed E-state index contributed by atoms with van der Waals surface area (Å²) >= 11 is 6.00. The Morgan fingerprint density at radius 1 is 1.50 bits per heavy atom. The van der Waals surface area contributed by atoms with Crippen molar-refractivity contribution in [1.29, 1.82) is 0 Å². The molecule has 1 aliphatic rings. The lowest BCUT2D eigenvalue weighted by atomic mass is 10.1. The SMILES string of the molecule is CCCc1nc(Cl)nc(N[C@H]2CCN(C(C)=O)C2)c1C. The number of nitrogens with one attached hydrogen (secondary N) is 1. The molecule has 0 unspecified atom stereocenters. The van der Waals surface area contributed by atoms with Gasteiger partial charge in [0.2, 0.25) is 11.2 Å². The molecule has 2 heterocycles. The lowest BCUT2D eigenvalue weighted by molar-refractivity contribution is -0.127. The molecule has 110 valence electrons. The van der Waals surface area contributed by atoms with E-state index in [1.165, 1.54) is 0 Å². The number of aromatic nitrogens is 2. The van der Waals surface area contributed by atoms with Gasteiger partial charge in [-0.05, 0) is 31.4 Å². The topological polar surface area (TPSA) is 58.1 Å². The van der Waals surface area contributed by atoms with Crippen molar-refractivity contribution in [3.63, 3.8) is 0 Å². The van der Waals surface area contributed by atoms with E-state index in [0.717, 1.165) is 49.4 Å². The molecule has 1 fully saturated rings. The van der Waals surface area contributed by atoms with Crippen LogP contribution in [0.1, 0.15) is 37.9 Å². The van der Waals surface area contributed by atoms with Gasteiger partial charge < -0.3 is 10.2 Å². The molecule has 1 aliphatic heterocycles. The molecule has 5 nitrogen and oxygen atoms in total. The number of carbonyl (C=O) groups excluding carboxylic acids is 1. The Labute approximate surface area is 124 Å². The van der Waals surface area contributed by atoms with Gasteiger partial charge in [-0.3, -0.25) is 4.79 Å². The van der Waals surface area contributed by atoms with Gasteiger partial charge in [0.25, 0.3) is 0 Å². The van der Waals surface area contributed by atoms with Crippen molar-refractivity contribution in [2.24, 2.45) is 0 Å². The van der Waals surface area contributed by atoms with Crippen LogP contribution in [0.4, 0.5) is 5.82 Å². The van der Waals surface area contributed by atoms with Gasteiger partial charge in [-0.2, -0.15) is 0 Å². The number of anilines is 1. The van der Waals surface area contributed by atoms with E-state index < -0.39 is 0 Å². The molecule has 1 aromatic rings. The number of nitrogens with zero attached hydrogens (tertiary/aromatic N) is 3. The first-order valence-corrected chi connectivity index (χ1v) is 7.44. The van der Waals surface area contributed by atoms with Gasteiger partial charge >= 0.3 is 0 Å². The van der Waals surface area contributed by atoms with Crippen molar-refractivity contribution in [3.8, 4) is 0 Å². The lowest BCUT2D eigenvalue weighted by Gasteiger charge is -2.18. The fourth-order valence-electron chi connectivity index (χ4n) is 2.51. The third-order valence-electron chi connectivity index (χ3n) is 3.68. The summed E-state index contributed by atoms with van der Waals surface area (Å²) in [6, 6.07) is 0.234. The van der Waals surface area contributed by atoms with Crippen LogP contribution in [0.25, 0.3) is 0 Å². The van der Waals surface area contributed by atoms with Crippen LogP contribution in [0.15, 0.2) is 0 Å². The Kier molecular flexibility index (Phi) is 4.81. The smallest absolute Gasteiger partial charge is 0.224 e. The summed E-state index contributed by atoms with van der Waals surface area (Å²) in [5.41, 5.74) is 2.05. The monoisotopic (exact) mass is 296 g/mol. The van der Waals surface area contributed by atoms with Crippen LogP contribution in [-0.4, -0.2) is 39.9 Å². The van der Waals surface area contributed by atoms with Crippen molar-refractivity contribution in [2.45, 2.75) is 46.1 Å². The second-order valence-electron chi connectivity index (χ2n) is 5.26. The summed E-state index contributed by atoms with van der Waals surface area (Å²) in [5.74, 6) is 0.919. The van der Waals surface area contributed by atoms with Crippen LogP contribution >= 0.6 is 11.6 Å². The quantitative estimate of drug-likeness (QED) is 0.867. The Bertz CT molecular complexity index is 506. The zero-order valence-corrected chi connectivity index (χ0v) is 13.0. The molecule has 0 radical (unpaired) electrons. The molecular formula is C14H21ClN4O. The molecule has 6 heteroatoms.